The molecule has 0 aliphatic rings. The maximum atomic E-state index is 11.9. The van der Waals surface area contributed by atoms with E-state index in [-0.39, 0.29) is 37.5 Å². The van der Waals surface area contributed by atoms with Crippen molar-refractivity contribution in [3.8, 4) is 0 Å². The molecule has 0 aliphatic carbocycles. The van der Waals surface area contributed by atoms with Gasteiger partial charge in [0.2, 0.25) is 5.91 Å². The third kappa shape index (κ3) is 10.4. The van der Waals surface area contributed by atoms with Crippen LogP contribution in [0.2, 0.25) is 0 Å². The summed E-state index contributed by atoms with van der Waals surface area (Å²) in [5.41, 5.74) is -0.517. The molecule has 160 valence electrons. The van der Waals surface area contributed by atoms with Gasteiger partial charge in [-0.2, -0.15) is 0 Å². The minimum absolute atomic E-state index is 0.0176. The highest BCUT2D eigenvalue weighted by atomic mass is 32.1. The van der Waals surface area contributed by atoms with Crippen molar-refractivity contribution in [2.24, 2.45) is 0 Å². The molecule has 0 aromatic carbocycles. The highest BCUT2D eigenvalue weighted by Gasteiger charge is 2.22. The molecule has 1 unspecified atom stereocenters. The van der Waals surface area contributed by atoms with Crippen LogP contribution in [0.25, 0.3) is 0 Å². The number of amides is 4. The number of urea groups is 1. The molecule has 29 heavy (non-hydrogen) atoms. The topological polar surface area (TPSA) is 131 Å². The van der Waals surface area contributed by atoms with Crippen molar-refractivity contribution in [3.63, 3.8) is 0 Å². The number of ether oxygens (including phenoxy) is 1. The predicted molar refractivity (Wildman–Crippen MR) is 107 cm³/mol. The minimum Gasteiger partial charge on any atom is -0.452 e. The fraction of sp³-hybridized carbons (Fsp3) is 0.526. The van der Waals surface area contributed by atoms with E-state index in [0.29, 0.717) is 4.88 Å². The molecule has 0 spiro atoms. The molecule has 4 amide bonds. The van der Waals surface area contributed by atoms with E-state index < -0.39 is 29.6 Å². The van der Waals surface area contributed by atoms with Gasteiger partial charge in [-0.3, -0.25) is 24.5 Å². The monoisotopic (exact) mass is 425 g/mol. The molecule has 1 aromatic rings. The van der Waals surface area contributed by atoms with Crippen LogP contribution in [0.3, 0.4) is 0 Å². The van der Waals surface area contributed by atoms with Gasteiger partial charge in [0.05, 0.1) is 11.3 Å². The molecule has 3 N–H and O–H groups in total. The van der Waals surface area contributed by atoms with Crippen LogP contribution in [0, 0.1) is 0 Å². The van der Waals surface area contributed by atoms with E-state index in [1.54, 1.807) is 38.3 Å². The molecule has 1 rings (SSSR count). The van der Waals surface area contributed by atoms with Gasteiger partial charge in [0.15, 0.2) is 11.9 Å². The molecule has 9 nitrogen and oxygen atoms in total. The molecule has 1 aromatic heterocycles. The SMILES string of the molecule is CC(OC(=O)CCNC(=O)CCC(=O)c1cccs1)C(=O)NC(=O)NC(C)(C)C. The predicted octanol–water partition coefficient (Wildman–Crippen LogP) is 1.77. The van der Waals surface area contributed by atoms with Gasteiger partial charge >= 0.3 is 12.0 Å². The van der Waals surface area contributed by atoms with Gasteiger partial charge in [-0.1, -0.05) is 6.07 Å². The lowest BCUT2D eigenvalue weighted by molar-refractivity contribution is -0.154. The average Bonchev–Trinajstić information content (AvgIpc) is 3.12. The second-order valence-corrected chi connectivity index (χ2v) is 8.27. The number of carbonyl (C=O) groups is 5. The Kier molecular flexibility index (Phi) is 9.46. The molecular formula is C19H27N3O6S. The number of carbonyl (C=O) groups excluding carboxylic acids is 5. The van der Waals surface area contributed by atoms with Crippen LogP contribution in [0.15, 0.2) is 17.5 Å². The molecule has 0 bridgehead atoms. The number of thiophene rings is 1. The van der Waals surface area contributed by atoms with Gasteiger partial charge in [0, 0.05) is 24.9 Å². The molecule has 0 saturated heterocycles. The summed E-state index contributed by atoms with van der Waals surface area (Å²) >= 11 is 1.32. The van der Waals surface area contributed by atoms with E-state index >= 15 is 0 Å². The third-order valence-electron chi connectivity index (χ3n) is 3.43. The number of Topliss-reactive ketones (excluding diaryl/α,β-unsaturated/α-hetero) is 1. The lowest BCUT2D eigenvalue weighted by Crippen LogP contribution is -2.50. The Hall–Kier alpha value is -2.75. The van der Waals surface area contributed by atoms with Crippen molar-refractivity contribution < 1.29 is 28.7 Å². The molecule has 10 heteroatoms. The summed E-state index contributed by atoms with van der Waals surface area (Å²) in [5.74, 6) is -1.91. The minimum atomic E-state index is -1.16. The smallest absolute Gasteiger partial charge is 0.321 e. The summed E-state index contributed by atoms with van der Waals surface area (Å²) in [5, 5.41) is 8.95. The van der Waals surface area contributed by atoms with E-state index in [9.17, 15) is 24.0 Å². The van der Waals surface area contributed by atoms with Crippen molar-refractivity contribution in [2.45, 2.75) is 58.6 Å². The Morgan fingerprint density at radius 2 is 1.79 bits per heavy atom. The van der Waals surface area contributed by atoms with Gasteiger partial charge in [-0.25, -0.2) is 4.79 Å². The Morgan fingerprint density at radius 3 is 2.38 bits per heavy atom. The maximum absolute atomic E-state index is 11.9. The van der Waals surface area contributed by atoms with E-state index in [4.69, 9.17) is 4.74 Å². The largest absolute Gasteiger partial charge is 0.452 e. The van der Waals surface area contributed by atoms with E-state index in [2.05, 4.69) is 16.0 Å². The molecule has 0 fully saturated rings. The van der Waals surface area contributed by atoms with Gasteiger partial charge < -0.3 is 15.4 Å². The number of esters is 1. The first-order valence-corrected chi connectivity index (χ1v) is 10.0. The van der Waals surface area contributed by atoms with Gasteiger partial charge in [-0.05, 0) is 39.1 Å². The lowest BCUT2D eigenvalue weighted by Gasteiger charge is -2.21. The third-order valence-corrected chi connectivity index (χ3v) is 4.34. The fourth-order valence-electron chi connectivity index (χ4n) is 2.07. The zero-order valence-electron chi connectivity index (χ0n) is 17.0. The summed E-state index contributed by atoms with van der Waals surface area (Å²) in [4.78, 5) is 59.4. The summed E-state index contributed by atoms with van der Waals surface area (Å²) in [6.45, 7) is 6.63. The number of rotatable bonds is 9. The summed E-state index contributed by atoms with van der Waals surface area (Å²) in [6, 6.07) is 2.78. The van der Waals surface area contributed by atoms with Crippen LogP contribution < -0.4 is 16.0 Å². The van der Waals surface area contributed by atoms with E-state index in [1.807, 2.05) is 0 Å². The van der Waals surface area contributed by atoms with Gasteiger partial charge in [0.25, 0.3) is 5.91 Å². The summed E-state index contributed by atoms with van der Waals surface area (Å²) in [6.07, 6.45) is -1.19. The molecular weight excluding hydrogens is 398 g/mol. The highest BCUT2D eigenvalue weighted by molar-refractivity contribution is 7.12. The number of hydrogen-bond donors (Lipinski definition) is 3. The molecule has 1 atom stereocenters. The average molecular weight is 426 g/mol. The quantitative estimate of drug-likeness (QED) is 0.408. The Bertz CT molecular complexity index is 740. The molecule has 0 aliphatic heterocycles. The second-order valence-electron chi connectivity index (χ2n) is 7.33. The van der Waals surface area contributed by atoms with Gasteiger partial charge in [-0.15, -0.1) is 11.3 Å². The van der Waals surface area contributed by atoms with Crippen LogP contribution in [0.1, 0.15) is 56.6 Å². The number of hydrogen-bond acceptors (Lipinski definition) is 7. The van der Waals surface area contributed by atoms with E-state index in [0.717, 1.165) is 0 Å². The number of ketones is 1. The molecule has 0 radical (unpaired) electrons. The first-order chi connectivity index (χ1) is 13.5. The zero-order valence-corrected chi connectivity index (χ0v) is 17.8. The van der Waals surface area contributed by atoms with Crippen molar-refractivity contribution in [3.05, 3.63) is 22.4 Å². The van der Waals surface area contributed by atoms with Crippen LogP contribution in [0.4, 0.5) is 4.79 Å². The number of imide groups is 1. The Morgan fingerprint density at radius 1 is 1.10 bits per heavy atom. The standard InChI is InChI=1S/C19H27N3O6S/c1-12(17(26)21-18(27)22-19(2,3)4)28-16(25)9-10-20-15(24)8-7-13(23)14-6-5-11-29-14/h5-6,11-12H,7-10H2,1-4H3,(H,20,24)(H2,21,22,26,27). The van der Waals surface area contributed by atoms with Gasteiger partial charge in [0.1, 0.15) is 0 Å². The second kappa shape index (κ2) is 11.3. The van der Waals surface area contributed by atoms with Crippen LogP contribution in [0.5, 0.6) is 0 Å². The van der Waals surface area contributed by atoms with E-state index in [1.165, 1.54) is 18.3 Å². The fourth-order valence-corrected chi connectivity index (χ4v) is 2.77. The van der Waals surface area contributed by atoms with Crippen LogP contribution >= 0.6 is 11.3 Å². The zero-order chi connectivity index (χ0) is 22.0. The highest BCUT2D eigenvalue weighted by Crippen LogP contribution is 2.12. The van der Waals surface area contributed by atoms with Crippen molar-refractivity contribution >= 4 is 40.9 Å². The summed E-state index contributed by atoms with van der Waals surface area (Å²) < 4.78 is 4.94. The normalized spacial score (nSPS) is 11.9. The van der Waals surface area contributed by atoms with Crippen molar-refractivity contribution in [2.75, 3.05) is 6.54 Å². The lowest BCUT2D eigenvalue weighted by atomic mass is 10.1. The molecule has 1 heterocycles. The van der Waals surface area contributed by atoms with Crippen LogP contribution in [-0.2, 0) is 19.1 Å². The van der Waals surface area contributed by atoms with Crippen LogP contribution in [-0.4, -0.2) is 47.8 Å². The first-order valence-electron chi connectivity index (χ1n) is 9.14. The Labute approximate surface area is 173 Å². The van der Waals surface area contributed by atoms with Crippen molar-refractivity contribution in [1.82, 2.24) is 16.0 Å². The Balaban J connectivity index is 2.23. The maximum Gasteiger partial charge on any atom is 0.321 e. The summed E-state index contributed by atoms with van der Waals surface area (Å²) in [7, 11) is 0. The number of nitrogens with one attached hydrogen (secondary N) is 3. The van der Waals surface area contributed by atoms with Crippen molar-refractivity contribution in [1.29, 1.82) is 0 Å². The molecule has 0 saturated carbocycles. The first kappa shape index (κ1) is 24.3.